The molecule has 0 saturated carbocycles. The van der Waals surface area contributed by atoms with Crippen LogP contribution in [-0.2, 0) is 20.8 Å². The lowest BCUT2D eigenvalue weighted by atomic mass is 9.94. The summed E-state index contributed by atoms with van der Waals surface area (Å²) in [5.74, 6) is -0.402. The molecule has 166 valence electrons. The quantitative estimate of drug-likeness (QED) is 0.690. The molecule has 1 aliphatic heterocycles. The molecule has 0 unspecified atom stereocenters. The highest BCUT2D eigenvalue weighted by Crippen LogP contribution is 2.22. The van der Waals surface area contributed by atoms with E-state index in [1.807, 2.05) is 30.3 Å². The predicted octanol–water partition coefficient (Wildman–Crippen LogP) is 3.21. The van der Waals surface area contributed by atoms with Crippen molar-refractivity contribution in [2.75, 3.05) is 13.2 Å². The Labute approximate surface area is 178 Å². The van der Waals surface area contributed by atoms with Crippen LogP contribution in [0.4, 0.5) is 9.59 Å². The molecule has 2 N–H and O–H groups in total. The number of carbonyl (C=O) groups is 3. The van der Waals surface area contributed by atoms with Crippen LogP contribution in [0, 0.1) is 0 Å². The SMILES string of the molecule is CCOC(=O)C[C@@H]1[C@H](NC(=O)OC(C)(C)C)CCCN1C(=O)NCc1ccccc1. The number of esters is 1. The number of amides is 3. The summed E-state index contributed by atoms with van der Waals surface area (Å²) in [6.07, 6.45) is 0.796. The molecule has 1 aromatic rings. The zero-order valence-corrected chi connectivity index (χ0v) is 18.3. The van der Waals surface area contributed by atoms with E-state index in [9.17, 15) is 14.4 Å². The number of hydrogen-bond donors (Lipinski definition) is 2. The number of nitrogens with one attached hydrogen (secondary N) is 2. The van der Waals surface area contributed by atoms with Gasteiger partial charge in [-0.05, 0) is 46.1 Å². The van der Waals surface area contributed by atoms with Crippen molar-refractivity contribution in [3.63, 3.8) is 0 Å². The zero-order valence-electron chi connectivity index (χ0n) is 18.3. The molecule has 1 heterocycles. The smallest absolute Gasteiger partial charge is 0.407 e. The minimum atomic E-state index is -0.637. The van der Waals surface area contributed by atoms with Crippen LogP contribution in [0.5, 0.6) is 0 Å². The number of alkyl carbamates (subject to hydrolysis) is 1. The number of urea groups is 1. The minimum absolute atomic E-state index is 0.00701. The fourth-order valence-corrected chi connectivity index (χ4v) is 3.45. The van der Waals surface area contributed by atoms with Gasteiger partial charge in [0, 0.05) is 13.1 Å². The highest BCUT2D eigenvalue weighted by molar-refractivity contribution is 5.77. The molecule has 0 aromatic heterocycles. The Bertz CT molecular complexity index is 717. The Kier molecular flexibility index (Phi) is 8.50. The van der Waals surface area contributed by atoms with E-state index in [1.165, 1.54) is 0 Å². The number of hydrogen-bond acceptors (Lipinski definition) is 5. The first-order valence-electron chi connectivity index (χ1n) is 10.4. The van der Waals surface area contributed by atoms with Crippen molar-refractivity contribution in [2.24, 2.45) is 0 Å². The maximum Gasteiger partial charge on any atom is 0.407 e. The van der Waals surface area contributed by atoms with E-state index >= 15 is 0 Å². The van der Waals surface area contributed by atoms with Gasteiger partial charge >= 0.3 is 18.1 Å². The summed E-state index contributed by atoms with van der Waals surface area (Å²) < 4.78 is 10.5. The van der Waals surface area contributed by atoms with Gasteiger partial charge in [-0.15, -0.1) is 0 Å². The normalized spacial score (nSPS) is 19.0. The van der Waals surface area contributed by atoms with Gasteiger partial charge in [0.05, 0.1) is 25.1 Å². The maximum absolute atomic E-state index is 12.9. The van der Waals surface area contributed by atoms with Gasteiger partial charge in [-0.1, -0.05) is 30.3 Å². The van der Waals surface area contributed by atoms with Crippen LogP contribution in [0.2, 0.25) is 0 Å². The molecule has 0 spiro atoms. The number of ether oxygens (including phenoxy) is 2. The fourth-order valence-electron chi connectivity index (χ4n) is 3.45. The van der Waals surface area contributed by atoms with Gasteiger partial charge in [-0.3, -0.25) is 4.79 Å². The molecule has 2 atom stereocenters. The summed E-state index contributed by atoms with van der Waals surface area (Å²) >= 11 is 0. The Morgan fingerprint density at radius 2 is 1.87 bits per heavy atom. The monoisotopic (exact) mass is 419 g/mol. The second-order valence-electron chi connectivity index (χ2n) is 8.31. The maximum atomic E-state index is 12.9. The van der Waals surface area contributed by atoms with Crippen LogP contribution in [0.15, 0.2) is 30.3 Å². The van der Waals surface area contributed by atoms with Crippen molar-refractivity contribution in [2.45, 2.75) is 71.2 Å². The van der Waals surface area contributed by atoms with E-state index < -0.39 is 29.7 Å². The largest absolute Gasteiger partial charge is 0.466 e. The summed E-state index contributed by atoms with van der Waals surface area (Å²) in [6.45, 7) is 8.23. The predicted molar refractivity (Wildman–Crippen MR) is 113 cm³/mol. The standard InChI is InChI=1S/C22H33N3O5/c1-5-29-19(26)14-18-17(24-21(28)30-22(2,3)4)12-9-13-25(18)20(27)23-15-16-10-7-6-8-11-16/h6-8,10-11,17-18H,5,9,12-15H2,1-4H3,(H,23,27)(H,24,28)/t17-,18-/m1/s1. The molecule has 1 aromatic carbocycles. The Balaban J connectivity index is 2.09. The molecule has 30 heavy (non-hydrogen) atoms. The van der Waals surface area contributed by atoms with Crippen LogP contribution in [0.3, 0.4) is 0 Å². The van der Waals surface area contributed by atoms with Gasteiger partial charge in [0.1, 0.15) is 5.60 Å². The first kappa shape index (κ1) is 23.5. The van der Waals surface area contributed by atoms with Gasteiger partial charge in [-0.25, -0.2) is 9.59 Å². The number of carbonyl (C=O) groups excluding carboxylic acids is 3. The van der Waals surface area contributed by atoms with Crippen molar-refractivity contribution in [3.05, 3.63) is 35.9 Å². The summed E-state index contributed by atoms with van der Waals surface area (Å²) in [6, 6.07) is 8.40. The number of rotatable bonds is 6. The zero-order chi connectivity index (χ0) is 22.1. The van der Waals surface area contributed by atoms with E-state index in [-0.39, 0.29) is 19.1 Å². The Morgan fingerprint density at radius 1 is 1.17 bits per heavy atom. The molecular weight excluding hydrogens is 386 g/mol. The molecule has 1 aliphatic rings. The lowest BCUT2D eigenvalue weighted by molar-refractivity contribution is -0.144. The molecule has 8 heteroatoms. The third-order valence-corrected chi connectivity index (χ3v) is 4.71. The second-order valence-corrected chi connectivity index (χ2v) is 8.31. The highest BCUT2D eigenvalue weighted by Gasteiger charge is 2.37. The number of piperidine rings is 1. The van der Waals surface area contributed by atoms with Crippen LogP contribution in [-0.4, -0.2) is 53.8 Å². The van der Waals surface area contributed by atoms with Gasteiger partial charge < -0.3 is 25.0 Å². The summed E-state index contributed by atoms with van der Waals surface area (Å²) in [5.41, 5.74) is 0.343. The third kappa shape index (κ3) is 7.57. The van der Waals surface area contributed by atoms with E-state index in [0.717, 1.165) is 5.56 Å². The fraction of sp³-hybridized carbons (Fsp3) is 0.591. The van der Waals surface area contributed by atoms with E-state index in [2.05, 4.69) is 10.6 Å². The van der Waals surface area contributed by atoms with Crippen LogP contribution >= 0.6 is 0 Å². The molecule has 3 amide bonds. The number of likely N-dealkylation sites (tertiary alicyclic amines) is 1. The lowest BCUT2D eigenvalue weighted by Gasteiger charge is -2.41. The third-order valence-electron chi connectivity index (χ3n) is 4.71. The first-order valence-corrected chi connectivity index (χ1v) is 10.4. The molecule has 1 fully saturated rings. The average Bonchev–Trinajstić information content (AvgIpc) is 2.67. The average molecular weight is 420 g/mol. The van der Waals surface area contributed by atoms with E-state index in [4.69, 9.17) is 9.47 Å². The van der Waals surface area contributed by atoms with Crippen LogP contribution in [0.1, 0.15) is 52.5 Å². The summed E-state index contributed by atoms with van der Waals surface area (Å²) in [5, 5.41) is 5.75. The summed E-state index contributed by atoms with van der Waals surface area (Å²) in [4.78, 5) is 39.0. The van der Waals surface area contributed by atoms with E-state index in [1.54, 1.807) is 32.6 Å². The van der Waals surface area contributed by atoms with Crippen LogP contribution < -0.4 is 10.6 Å². The first-order chi connectivity index (χ1) is 14.2. The van der Waals surface area contributed by atoms with Crippen molar-refractivity contribution >= 4 is 18.1 Å². The van der Waals surface area contributed by atoms with Crippen molar-refractivity contribution in [3.8, 4) is 0 Å². The summed E-state index contributed by atoms with van der Waals surface area (Å²) in [7, 11) is 0. The Hall–Kier alpha value is -2.77. The molecule has 0 aliphatic carbocycles. The van der Waals surface area contributed by atoms with Gasteiger partial charge in [0.15, 0.2) is 0 Å². The molecule has 0 bridgehead atoms. The lowest BCUT2D eigenvalue weighted by Crippen LogP contribution is -2.60. The Morgan fingerprint density at radius 3 is 2.50 bits per heavy atom. The van der Waals surface area contributed by atoms with E-state index in [0.29, 0.717) is 25.9 Å². The number of nitrogens with zero attached hydrogens (tertiary/aromatic N) is 1. The molecule has 0 radical (unpaired) electrons. The molecule has 1 saturated heterocycles. The molecule has 8 nitrogen and oxygen atoms in total. The second kappa shape index (κ2) is 10.8. The van der Waals surface area contributed by atoms with Crippen LogP contribution in [0.25, 0.3) is 0 Å². The number of benzene rings is 1. The van der Waals surface area contributed by atoms with Crippen molar-refractivity contribution < 1.29 is 23.9 Å². The highest BCUT2D eigenvalue weighted by atomic mass is 16.6. The van der Waals surface area contributed by atoms with Gasteiger partial charge in [-0.2, -0.15) is 0 Å². The van der Waals surface area contributed by atoms with Gasteiger partial charge in [0.2, 0.25) is 0 Å². The van der Waals surface area contributed by atoms with Crippen molar-refractivity contribution in [1.82, 2.24) is 15.5 Å². The minimum Gasteiger partial charge on any atom is -0.466 e. The van der Waals surface area contributed by atoms with Crippen molar-refractivity contribution in [1.29, 1.82) is 0 Å². The molecular formula is C22H33N3O5. The molecule has 2 rings (SSSR count). The van der Waals surface area contributed by atoms with Gasteiger partial charge in [0.25, 0.3) is 0 Å². The topological polar surface area (TPSA) is 97.0 Å².